The third kappa shape index (κ3) is 2.63. The molecular formula is C19H19N3O3. The molecular weight excluding hydrogens is 318 g/mol. The molecule has 1 aliphatic rings. The smallest absolute Gasteiger partial charge is 0.258 e. The summed E-state index contributed by atoms with van der Waals surface area (Å²) in [6.45, 7) is 4.26. The number of nitrogens with one attached hydrogen (secondary N) is 1. The molecule has 1 unspecified atom stereocenters. The molecule has 2 aromatic heterocycles. The van der Waals surface area contributed by atoms with Crippen LogP contribution in [0, 0.1) is 13.8 Å². The molecule has 25 heavy (non-hydrogen) atoms. The van der Waals surface area contributed by atoms with Gasteiger partial charge in [-0.15, -0.1) is 0 Å². The van der Waals surface area contributed by atoms with Crippen molar-refractivity contribution >= 4 is 16.8 Å². The van der Waals surface area contributed by atoms with Crippen LogP contribution in [0.2, 0.25) is 0 Å². The highest BCUT2D eigenvalue weighted by molar-refractivity contribution is 5.95. The number of amides is 1. The first kappa shape index (κ1) is 15.6. The molecule has 0 spiro atoms. The number of para-hydroxylation sites is 1. The van der Waals surface area contributed by atoms with Gasteiger partial charge in [0.25, 0.3) is 11.5 Å². The number of fused-ring (bicyclic) bond motifs is 1. The van der Waals surface area contributed by atoms with E-state index < -0.39 is 0 Å². The van der Waals surface area contributed by atoms with Crippen LogP contribution in [0.1, 0.15) is 46.6 Å². The molecule has 1 amide bonds. The standard InChI is InChI=1S/C19H19N3O3/c1-11-10-14(12(2)25-11)19(24)22-9-5-8-16(22)17-20-15-7-4-3-6-13(15)18(23)21-17/h3-4,6-7,10,16H,5,8-9H2,1-2H3,(H,20,21,23). The number of hydrogen-bond acceptors (Lipinski definition) is 4. The monoisotopic (exact) mass is 337 g/mol. The van der Waals surface area contributed by atoms with Crippen molar-refractivity contribution in [3.05, 3.63) is 63.6 Å². The van der Waals surface area contributed by atoms with Gasteiger partial charge in [0.2, 0.25) is 0 Å². The molecule has 1 aliphatic heterocycles. The largest absolute Gasteiger partial charge is 0.466 e. The second kappa shape index (κ2) is 5.88. The number of H-pyrrole nitrogens is 1. The summed E-state index contributed by atoms with van der Waals surface area (Å²) in [5, 5.41) is 0.559. The summed E-state index contributed by atoms with van der Waals surface area (Å²) in [6.07, 6.45) is 1.66. The molecule has 0 saturated carbocycles. The SMILES string of the molecule is Cc1cc(C(=O)N2CCCC2c2nc3ccccc3c(=O)[nH]2)c(C)o1. The summed E-state index contributed by atoms with van der Waals surface area (Å²) < 4.78 is 5.49. The number of aromatic nitrogens is 2. The quantitative estimate of drug-likeness (QED) is 0.779. The fourth-order valence-corrected chi connectivity index (χ4v) is 3.55. The average Bonchev–Trinajstić information content (AvgIpc) is 3.20. The molecule has 6 heteroatoms. The van der Waals surface area contributed by atoms with Crippen molar-refractivity contribution in [2.45, 2.75) is 32.7 Å². The first-order valence-electron chi connectivity index (χ1n) is 8.41. The number of carbonyl (C=O) groups excluding carboxylic acids is 1. The Kier molecular flexibility index (Phi) is 3.67. The molecule has 4 rings (SSSR count). The van der Waals surface area contributed by atoms with E-state index in [-0.39, 0.29) is 17.5 Å². The summed E-state index contributed by atoms with van der Waals surface area (Å²) in [7, 11) is 0. The van der Waals surface area contributed by atoms with E-state index in [1.165, 1.54) is 0 Å². The molecule has 1 aromatic carbocycles. The Morgan fingerprint density at radius 1 is 1.32 bits per heavy atom. The second-order valence-corrected chi connectivity index (χ2v) is 6.45. The second-order valence-electron chi connectivity index (χ2n) is 6.45. The number of likely N-dealkylation sites (tertiary alicyclic amines) is 1. The van der Waals surface area contributed by atoms with Gasteiger partial charge in [-0.25, -0.2) is 4.98 Å². The van der Waals surface area contributed by atoms with Gasteiger partial charge in [-0.3, -0.25) is 9.59 Å². The minimum atomic E-state index is -0.223. The number of aryl methyl sites for hydroxylation is 2. The lowest BCUT2D eigenvalue weighted by molar-refractivity contribution is 0.0728. The van der Waals surface area contributed by atoms with Crippen molar-refractivity contribution in [1.82, 2.24) is 14.9 Å². The number of rotatable bonds is 2. The Labute approximate surface area is 144 Å². The minimum Gasteiger partial charge on any atom is -0.466 e. The van der Waals surface area contributed by atoms with Gasteiger partial charge in [0.05, 0.1) is 22.5 Å². The normalized spacial score (nSPS) is 17.4. The molecule has 3 heterocycles. The van der Waals surface area contributed by atoms with Crippen LogP contribution >= 0.6 is 0 Å². The van der Waals surface area contributed by atoms with Crippen molar-refractivity contribution in [2.24, 2.45) is 0 Å². The van der Waals surface area contributed by atoms with Crippen molar-refractivity contribution in [3.63, 3.8) is 0 Å². The maximum Gasteiger partial charge on any atom is 0.258 e. The maximum atomic E-state index is 13.0. The van der Waals surface area contributed by atoms with Gasteiger partial charge in [0.1, 0.15) is 17.3 Å². The van der Waals surface area contributed by atoms with Gasteiger partial charge in [-0.1, -0.05) is 12.1 Å². The average molecular weight is 337 g/mol. The van der Waals surface area contributed by atoms with Crippen LogP contribution in [0.25, 0.3) is 10.9 Å². The Morgan fingerprint density at radius 2 is 2.12 bits per heavy atom. The van der Waals surface area contributed by atoms with Crippen LogP contribution in [-0.2, 0) is 0 Å². The molecule has 0 aliphatic carbocycles. The van der Waals surface area contributed by atoms with Gasteiger partial charge in [-0.05, 0) is 44.9 Å². The number of hydrogen-bond donors (Lipinski definition) is 1. The first-order chi connectivity index (χ1) is 12.0. The van der Waals surface area contributed by atoms with Crippen LogP contribution in [0.5, 0.6) is 0 Å². The molecule has 3 aromatic rings. The Hall–Kier alpha value is -2.89. The van der Waals surface area contributed by atoms with Crippen LogP contribution < -0.4 is 5.56 Å². The zero-order valence-corrected chi connectivity index (χ0v) is 14.2. The van der Waals surface area contributed by atoms with Crippen molar-refractivity contribution in [1.29, 1.82) is 0 Å². The number of benzene rings is 1. The van der Waals surface area contributed by atoms with Crippen LogP contribution in [-0.4, -0.2) is 27.3 Å². The van der Waals surface area contributed by atoms with Gasteiger partial charge in [0, 0.05) is 6.54 Å². The van der Waals surface area contributed by atoms with Gasteiger partial charge < -0.3 is 14.3 Å². The fraction of sp³-hybridized carbons (Fsp3) is 0.316. The lowest BCUT2D eigenvalue weighted by Gasteiger charge is -2.24. The molecule has 128 valence electrons. The van der Waals surface area contributed by atoms with E-state index in [1.54, 1.807) is 24.0 Å². The third-order valence-electron chi connectivity index (χ3n) is 4.73. The summed E-state index contributed by atoms with van der Waals surface area (Å²) in [6, 6.07) is 8.78. The van der Waals surface area contributed by atoms with Crippen molar-refractivity contribution < 1.29 is 9.21 Å². The summed E-state index contributed by atoms with van der Waals surface area (Å²) in [5.41, 5.74) is 1.05. The van der Waals surface area contributed by atoms with E-state index >= 15 is 0 Å². The molecule has 6 nitrogen and oxygen atoms in total. The van der Waals surface area contributed by atoms with Crippen LogP contribution in [0.4, 0.5) is 0 Å². The van der Waals surface area contributed by atoms with Crippen molar-refractivity contribution in [2.75, 3.05) is 6.54 Å². The number of aromatic amines is 1. The zero-order valence-electron chi connectivity index (χ0n) is 14.2. The fourth-order valence-electron chi connectivity index (χ4n) is 3.55. The summed E-state index contributed by atoms with van der Waals surface area (Å²) in [4.78, 5) is 34.6. The van der Waals surface area contributed by atoms with E-state index in [2.05, 4.69) is 9.97 Å². The lowest BCUT2D eigenvalue weighted by Crippen LogP contribution is -2.32. The lowest BCUT2D eigenvalue weighted by atomic mass is 10.1. The van der Waals surface area contributed by atoms with E-state index in [4.69, 9.17) is 4.42 Å². The topological polar surface area (TPSA) is 79.2 Å². The van der Waals surface area contributed by atoms with Crippen LogP contribution in [0.15, 0.2) is 39.5 Å². The first-order valence-corrected chi connectivity index (χ1v) is 8.41. The van der Waals surface area contributed by atoms with E-state index in [1.807, 2.05) is 25.1 Å². The van der Waals surface area contributed by atoms with E-state index in [0.29, 0.717) is 40.4 Å². The van der Waals surface area contributed by atoms with E-state index in [0.717, 1.165) is 12.8 Å². The van der Waals surface area contributed by atoms with E-state index in [9.17, 15) is 9.59 Å². The highest BCUT2D eigenvalue weighted by atomic mass is 16.3. The Morgan fingerprint density at radius 3 is 2.88 bits per heavy atom. The highest BCUT2D eigenvalue weighted by Crippen LogP contribution is 2.32. The Bertz CT molecular complexity index is 1020. The third-order valence-corrected chi connectivity index (χ3v) is 4.73. The summed E-state index contributed by atoms with van der Waals surface area (Å²) in [5.74, 6) is 1.81. The Balaban J connectivity index is 1.73. The number of nitrogens with zero attached hydrogens (tertiary/aromatic N) is 2. The maximum absolute atomic E-state index is 13.0. The van der Waals surface area contributed by atoms with Gasteiger partial charge >= 0.3 is 0 Å². The van der Waals surface area contributed by atoms with Gasteiger partial charge in [-0.2, -0.15) is 0 Å². The molecule has 1 N–H and O–H groups in total. The molecule has 1 saturated heterocycles. The van der Waals surface area contributed by atoms with Crippen LogP contribution in [0.3, 0.4) is 0 Å². The number of furan rings is 1. The minimum absolute atomic E-state index is 0.0762. The highest BCUT2D eigenvalue weighted by Gasteiger charge is 2.33. The molecule has 0 bridgehead atoms. The van der Waals surface area contributed by atoms with Crippen molar-refractivity contribution in [3.8, 4) is 0 Å². The summed E-state index contributed by atoms with van der Waals surface area (Å²) >= 11 is 0. The molecule has 0 radical (unpaired) electrons. The zero-order chi connectivity index (χ0) is 17.6. The predicted octanol–water partition coefficient (Wildman–Crippen LogP) is 3.11. The molecule has 1 atom stereocenters. The van der Waals surface area contributed by atoms with Gasteiger partial charge in [0.15, 0.2) is 0 Å². The predicted molar refractivity (Wildman–Crippen MR) is 93.6 cm³/mol. The number of carbonyl (C=O) groups is 1. The molecule has 1 fully saturated rings.